The molecule has 5 rings (SSSR count). The molecule has 5 aromatic rings. The van der Waals surface area contributed by atoms with E-state index in [2.05, 4.69) is 20.6 Å². The quantitative estimate of drug-likeness (QED) is 0.0506. The number of unbranched alkanes of at least 4 members (excludes halogenated alkanes) is 16. The number of nitrogens with zero attached hydrogens (tertiary/aromatic N) is 4. The minimum atomic E-state index is -0.394. The number of rotatable bonds is 28. The number of hydrogen-bond donors (Lipinski definition) is 2. The lowest BCUT2D eigenvalue weighted by atomic mass is 10.1. The van der Waals surface area contributed by atoms with E-state index in [1.54, 1.807) is 24.8 Å². The van der Waals surface area contributed by atoms with Crippen LogP contribution >= 0.6 is 0 Å². The summed E-state index contributed by atoms with van der Waals surface area (Å²) in [6.07, 6.45) is 25.9. The third kappa shape index (κ3) is 13.4. The first-order chi connectivity index (χ1) is 28.3. The molecule has 0 aliphatic carbocycles. The summed E-state index contributed by atoms with van der Waals surface area (Å²) < 4.78 is 2.51. The van der Waals surface area contributed by atoms with Crippen molar-refractivity contribution in [3.63, 3.8) is 0 Å². The molecule has 12 heteroatoms. The monoisotopic (exact) mass is 792 g/mol. The lowest BCUT2D eigenvalue weighted by Gasteiger charge is -2.05. The molecule has 4 heterocycles. The Labute approximate surface area is 340 Å². The number of hydrogen-bond acceptors (Lipinski definition) is 8. The van der Waals surface area contributed by atoms with E-state index in [1.807, 2.05) is 24.3 Å². The number of benzene rings is 1. The van der Waals surface area contributed by atoms with Crippen LogP contribution in [0.2, 0.25) is 0 Å². The summed E-state index contributed by atoms with van der Waals surface area (Å²) in [6, 6.07) is 10.5. The zero-order valence-electron chi connectivity index (χ0n) is 34.0. The van der Waals surface area contributed by atoms with Crippen LogP contribution in [0.15, 0.2) is 80.4 Å². The molecule has 0 spiro atoms. The molecule has 0 bridgehead atoms. The average molecular weight is 793 g/mol. The van der Waals surface area contributed by atoms with E-state index in [4.69, 9.17) is 0 Å². The van der Waals surface area contributed by atoms with Gasteiger partial charge in [-0.2, -0.15) is 0 Å². The van der Waals surface area contributed by atoms with Crippen molar-refractivity contribution in [3.8, 4) is 0 Å². The Bertz CT molecular complexity index is 2010. The van der Waals surface area contributed by atoms with Gasteiger partial charge in [0.2, 0.25) is 11.8 Å². The SMILES string of the molecule is O=C(CCCCCCCCCCCn1c(=O)c2cc3c(=O)n(CCCCCCCCCCCC(=O)NCc4cccnc4)c(=O)c3cc2c1=O)NCc1cccnc1. The van der Waals surface area contributed by atoms with Crippen molar-refractivity contribution in [2.75, 3.05) is 0 Å². The minimum absolute atomic E-state index is 0.0706. The van der Waals surface area contributed by atoms with E-state index in [9.17, 15) is 28.8 Å². The molecule has 0 radical (unpaired) electrons. The number of amides is 2. The second-order valence-corrected chi connectivity index (χ2v) is 15.6. The van der Waals surface area contributed by atoms with Gasteiger partial charge in [0.15, 0.2) is 0 Å². The fourth-order valence-electron chi connectivity index (χ4n) is 7.65. The van der Waals surface area contributed by atoms with Crippen molar-refractivity contribution in [1.29, 1.82) is 0 Å². The van der Waals surface area contributed by atoms with Crippen LogP contribution in [0.3, 0.4) is 0 Å². The Hall–Kier alpha value is -5.26. The highest BCUT2D eigenvalue weighted by atomic mass is 16.2. The standard InChI is InChI=1S/C46H60N6O6/c53-41(49-33-35-21-19-25-47-31-35)23-15-11-7-3-1-5-9-13-17-27-51-43(55)37-29-39-40(30-38(37)44(51)56)46(58)52(45(39)57)28-18-14-10-6-2-4-8-12-16-24-42(54)50-34-36-22-20-26-48-32-36/h19-22,25-26,29-32H,1-18,23-24,27-28,33-34H2,(H,49,53)(H,50,54). The zero-order valence-corrected chi connectivity index (χ0v) is 34.0. The normalized spacial score (nSPS) is 11.4. The van der Waals surface area contributed by atoms with Gasteiger partial charge in [-0.05, 0) is 61.1 Å². The Morgan fingerprint density at radius 2 is 0.759 bits per heavy atom. The fraction of sp³-hybridized carbons (Fsp3) is 0.522. The van der Waals surface area contributed by atoms with Gasteiger partial charge in [-0.1, -0.05) is 102 Å². The summed E-state index contributed by atoms with van der Waals surface area (Å²) in [5.74, 6) is 0.141. The summed E-state index contributed by atoms with van der Waals surface area (Å²) in [6.45, 7) is 1.66. The lowest BCUT2D eigenvalue weighted by Crippen LogP contribution is -2.26. The molecule has 0 saturated heterocycles. The molecular weight excluding hydrogens is 733 g/mol. The maximum Gasteiger partial charge on any atom is 0.261 e. The smallest absolute Gasteiger partial charge is 0.261 e. The first kappa shape index (κ1) is 43.9. The maximum absolute atomic E-state index is 13.2. The van der Waals surface area contributed by atoms with Crippen LogP contribution in [0.5, 0.6) is 0 Å². The van der Waals surface area contributed by atoms with E-state index in [1.165, 1.54) is 21.3 Å². The highest BCUT2D eigenvalue weighted by Gasteiger charge is 2.19. The highest BCUT2D eigenvalue weighted by molar-refractivity contribution is 5.97. The van der Waals surface area contributed by atoms with Gasteiger partial charge in [0.05, 0.1) is 21.5 Å². The molecule has 12 nitrogen and oxygen atoms in total. The number of nitrogens with one attached hydrogen (secondary N) is 2. The molecule has 58 heavy (non-hydrogen) atoms. The number of pyridine rings is 2. The Morgan fingerprint density at radius 3 is 1.07 bits per heavy atom. The predicted molar refractivity (Wildman–Crippen MR) is 229 cm³/mol. The molecule has 0 aliphatic heterocycles. The highest BCUT2D eigenvalue weighted by Crippen LogP contribution is 2.17. The van der Waals surface area contributed by atoms with Gasteiger partial charge in [-0.25, -0.2) is 0 Å². The van der Waals surface area contributed by atoms with Crippen molar-refractivity contribution in [3.05, 3.63) is 114 Å². The second kappa shape index (κ2) is 23.8. The first-order valence-electron chi connectivity index (χ1n) is 21.5. The van der Waals surface area contributed by atoms with Crippen molar-refractivity contribution in [2.45, 2.75) is 155 Å². The van der Waals surface area contributed by atoms with Crippen LogP contribution in [0.1, 0.15) is 140 Å². The largest absolute Gasteiger partial charge is 0.352 e. The van der Waals surface area contributed by atoms with Crippen LogP contribution in [-0.2, 0) is 35.8 Å². The van der Waals surface area contributed by atoms with Crippen LogP contribution in [-0.4, -0.2) is 30.9 Å². The first-order valence-corrected chi connectivity index (χ1v) is 21.5. The Kier molecular flexibility index (Phi) is 18.0. The fourth-order valence-corrected chi connectivity index (χ4v) is 7.65. The summed E-state index contributed by atoms with van der Waals surface area (Å²) in [4.78, 5) is 85.1. The maximum atomic E-state index is 13.2. The summed E-state index contributed by atoms with van der Waals surface area (Å²) in [5.41, 5.74) is 0.410. The van der Waals surface area contributed by atoms with Gasteiger partial charge in [0, 0.05) is 63.8 Å². The van der Waals surface area contributed by atoms with Gasteiger partial charge in [-0.3, -0.25) is 47.9 Å². The van der Waals surface area contributed by atoms with E-state index < -0.39 is 22.2 Å². The molecule has 0 atom stereocenters. The van der Waals surface area contributed by atoms with Crippen molar-refractivity contribution in [2.24, 2.45) is 0 Å². The second-order valence-electron chi connectivity index (χ2n) is 15.6. The number of carbonyl (C=O) groups excluding carboxylic acids is 2. The molecule has 310 valence electrons. The van der Waals surface area contributed by atoms with Crippen molar-refractivity contribution >= 4 is 33.4 Å². The van der Waals surface area contributed by atoms with Gasteiger partial charge < -0.3 is 10.6 Å². The minimum Gasteiger partial charge on any atom is -0.352 e. The molecule has 0 unspecified atom stereocenters. The summed E-state index contributed by atoms with van der Waals surface area (Å²) >= 11 is 0. The molecule has 0 fully saturated rings. The molecule has 4 aromatic heterocycles. The van der Waals surface area contributed by atoms with E-state index in [-0.39, 0.29) is 33.4 Å². The Morgan fingerprint density at radius 1 is 0.448 bits per heavy atom. The number of fused-ring (bicyclic) bond motifs is 2. The van der Waals surface area contributed by atoms with Crippen molar-refractivity contribution in [1.82, 2.24) is 29.7 Å². The van der Waals surface area contributed by atoms with Crippen molar-refractivity contribution < 1.29 is 9.59 Å². The number of aromatic nitrogens is 4. The Balaban J connectivity index is 0.920. The molecule has 0 saturated carbocycles. The van der Waals surface area contributed by atoms with E-state index >= 15 is 0 Å². The third-order valence-electron chi connectivity index (χ3n) is 11.1. The molecule has 0 aliphatic rings. The molecule has 2 N–H and O–H groups in total. The summed E-state index contributed by atoms with van der Waals surface area (Å²) in [7, 11) is 0. The molecular formula is C46H60N6O6. The van der Waals surface area contributed by atoms with E-state index in [0.29, 0.717) is 51.9 Å². The third-order valence-corrected chi connectivity index (χ3v) is 11.1. The van der Waals surface area contributed by atoms with Gasteiger partial charge in [0.1, 0.15) is 0 Å². The van der Waals surface area contributed by atoms with Crippen LogP contribution < -0.4 is 32.9 Å². The topological polar surface area (TPSA) is 162 Å². The number of carbonyl (C=O) groups is 2. The summed E-state index contributed by atoms with van der Waals surface area (Å²) in [5, 5.41) is 6.72. The zero-order chi connectivity index (χ0) is 41.0. The van der Waals surface area contributed by atoms with Crippen LogP contribution in [0.4, 0.5) is 0 Å². The molecule has 2 amide bonds. The van der Waals surface area contributed by atoms with Gasteiger partial charge in [-0.15, -0.1) is 0 Å². The van der Waals surface area contributed by atoms with Crippen LogP contribution in [0.25, 0.3) is 21.5 Å². The van der Waals surface area contributed by atoms with E-state index in [0.717, 1.165) is 114 Å². The molecule has 1 aromatic carbocycles. The lowest BCUT2D eigenvalue weighted by molar-refractivity contribution is -0.122. The van der Waals surface area contributed by atoms with Crippen LogP contribution in [0, 0.1) is 0 Å². The van der Waals surface area contributed by atoms with Gasteiger partial charge >= 0.3 is 0 Å². The van der Waals surface area contributed by atoms with Gasteiger partial charge in [0.25, 0.3) is 22.2 Å². The average Bonchev–Trinajstić information content (AvgIpc) is 3.62. The predicted octanol–water partition coefficient (Wildman–Crippen LogP) is 7.14.